The summed E-state index contributed by atoms with van der Waals surface area (Å²) in [5, 5.41) is 0. The third kappa shape index (κ3) is 2.65. The first kappa shape index (κ1) is 13.3. The molecular formula is C11H15BrFNO2. The summed E-state index contributed by atoms with van der Waals surface area (Å²) in [4.78, 5) is 0. The third-order valence-corrected chi connectivity index (χ3v) is 2.88. The summed E-state index contributed by atoms with van der Waals surface area (Å²) in [5.41, 5.74) is 6.55. The smallest absolute Gasteiger partial charge is 0.197 e. The zero-order valence-corrected chi connectivity index (χ0v) is 11.1. The lowest BCUT2D eigenvalue weighted by Crippen LogP contribution is -2.19. The van der Waals surface area contributed by atoms with E-state index in [2.05, 4.69) is 15.9 Å². The van der Waals surface area contributed by atoms with E-state index in [0.717, 1.165) is 5.56 Å². The van der Waals surface area contributed by atoms with Crippen LogP contribution in [-0.2, 0) is 6.42 Å². The predicted molar refractivity (Wildman–Crippen MR) is 64.6 cm³/mol. The van der Waals surface area contributed by atoms with Crippen LogP contribution in [0.2, 0.25) is 0 Å². The van der Waals surface area contributed by atoms with Crippen LogP contribution in [0, 0.1) is 5.82 Å². The van der Waals surface area contributed by atoms with Crippen molar-refractivity contribution in [1.29, 1.82) is 0 Å². The van der Waals surface area contributed by atoms with Crippen LogP contribution in [0.5, 0.6) is 11.5 Å². The Hall–Kier alpha value is -0.810. The number of halogens is 2. The second-order valence-electron chi connectivity index (χ2n) is 3.57. The van der Waals surface area contributed by atoms with E-state index >= 15 is 0 Å². The normalized spacial score (nSPS) is 12.4. The molecule has 3 nitrogen and oxygen atoms in total. The molecule has 0 saturated carbocycles. The van der Waals surface area contributed by atoms with Crippen molar-refractivity contribution < 1.29 is 13.9 Å². The molecule has 0 bridgehead atoms. The van der Waals surface area contributed by atoms with Crippen molar-refractivity contribution in [1.82, 2.24) is 0 Å². The molecule has 0 fully saturated rings. The molecule has 0 saturated heterocycles. The Kier molecular flexibility index (Phi) is 4.56. The second-order valence-corrected chi connectivity index (χ2v) is 4.42. The SMILES string of the molecule is COc1c(F)cc(Br)c(CC(C)N)c1OC. The van der Waals surface area contributed by atoms with E-state index in [-0.39, 0.29) is 11.8 Å². The van der Waals surface area contributed by atoms with Gasteiger partial charge in [-0.1, -0.05) is 15.9 Å². The van der Waals surface area contributed by atoms with Crippen molar-refractivity contribution in [3.8, 4) is 11.5 Å². The summed E-state index contributed by atoms with van der Waals surface area (Å²) in [5.74, 6) is 0.0488. The van der Waals surface area contributed by atoms with E-state index in [9.17, 15) is 4.39 Å². The van der Waals surface area contributed by atoms with Crippen LogP contribution in [0.4, 0.5) is 4.39 Å². The van der Waals surface area contributed by atoms with Gasteiger partial charge in [0.1, 0.15) is 0 Å². The maximum atomic E-state index is 13.5. The van der Waals surface area contributed by atoms with Crippen molar-refractivity contribution in [2.45, 2.75) is 19.4 Å². The average Bonchev–Trinajstić information content (AvgIpc) is 2.20. The van der Waals surface area contributed by atoms with E-state index in [0.29, 0.717) is 16.6 Å². The molecular weight excluding hydrogens is 277 g/mol. The van der Waals surface area contributed by atoms with Gasteiger partial charge >= 0.3 is 0 Å². The molecule has 90 valence electrons. The van der Waals surface area contributed by atoms with Crippen LogP contribution in [0.3, 0.4) is 0 Å². The van der Waals surface area contributed by atoms with Crippen molar-refractivity contribution in [2.75, 3.05) is 14.2 Å². The molecule has 0 aliphatic heterocycles. The Balaban J connectivity index is 3.34. The summed E-state index contributed by atoms with van der Waals surface area (Å²) in [6.45, 7) is 1.88. The lowest BCUT2D eigenvalue weighted by atomic mass is 10.1. The lowest BCUT2D eigenvalue weighted by Gasteiger charge is -2.16. The molecule has 0 amide bonds. The first-order chi connectivity index (χ1) is 7.51. The fourth-order valence-electron chi connectivity index (χ4n) is 1.54. The van der Waals surface area contributed by atoms with Gasteiger partial charge in [0.05, 0.1) is 14.2 Å². The first-order valence-corrected chi connectivity index (χ1v) is 5.65. The number of hydrogen-bond donors (Lipinski definition) is 1. The van der Waals surface area contributed by atoms with Crippen molar-refractivity contribution >= 4 is 15.9 Å². The van der Waals surface area contributed by atoms with E-state index < -0.39 is 5.82 Å². The highest BCUT2D eigenvalue weighted by molar-refractivity contribution is 9.10. The van der Waals surface area contributed by atoms with Gasteiger partial charge in [0, 0.05) is 16.1 Å². The zero-order valence-electron chi connectivity index (χ0n) is 9.51. The number of rotatable bonds is 4. The van der Waals surface area contributed by atoms with Crippen molar-refractivity contribution in [3.05, 3.63) is 21.9 Å². The second kappa shape index (κ2) is 5.50. The highest BCUT2D eigenvalue weighted by atomic mass is 79.9. The number of nitrogens with two attached hydrogens (primary N) is 1. The molecule has 1 unspecified atom stereocenters. The maximum absolute atomic E-state index is 13.5. The highest BCUT2D eigenvalue weighted by Crippen LogP contribution is 2.39. The van der Waals surface area contributed by atoms with Crippen molar-refractivity contribution in [2.24, 2.45) is 5.73 Å². The van der Waals surface area contributed by atoms with Gasteiger partial charge in [0.25, 0.3) is 0 Å². The number of methoxy groups -OCH3 is 2. The van der Waals surface area contributed by atoms with Crippen molar-refractivity contribution in [3.63, 3.8) is 0 Å². The fourth-order valence-corrected chi connectivity index (χ4v) is 2.08. The molecule has 1 aromatic rings. The van der Waals surface area contributed by atoms with Gasteiger partial charge in [0.15, 0.2) is 17.3 Å². The largest absolute Gasteiger partial charge is 0.492 e. The van der Waals surface area contributed by atoms with Gasteiger partial charge in [0.2, 0.25) is 0 Å². The summed E-state index contributed by atoms with van der Waals surface area (Å²) in [6.07, 6.45) is 0.584. The minimum absolute atomic E-state index is 0.0413. The highest BCUT2D eigenvalue weighted by Gasteiger charge is 2.19. The minimum Gasteiger partial charge on any atom is -0.492 e. The fraction of sp³-hybridized carbons (Fsp3) is 0.455. The van der Waals surface area contributed by atoms with E-state index in [1.807, 2.05) is 6.92 Å². The van der Waals surface area contributed by atoms with Crippen LogP contribution in [-0.4, -0.2) is 20.3 Å². The van der Waals surface area contributed by atoms with Crippen LogP contribution >= 0.6 is 15.9 Å². The van der Waals surface area contributed by atoms with Crippen LogP contribution in [0.1, 0.15) is 12.5 Å². The van der Waals surface area contributed by atoms with E-state index in [1.54, 1.807) is 0 Å². The topological polar surface area (TPSA) is 44.5 Å². The molecule has 16 heavy (non-hydrogen) atoms. The molecule has 1 rings (SSSR count). The van der Waals surface area contributed by atoms with Gasteiger partial charge in [-0.25, -0.2) is 4.39 Å². The first-order valence-electron chi connectivity index (χ1n) is 4.85. The van der Waals surface area contributed by atoms with Gasteiger partial charge in [-0.2, -0.15) is 0 Å². The van der Waals surface area contributed by atoms with Crippen LogP contribution in [0.25, 0.3) is 0 Å². The Labute approximate surface area is 103 Å². The molecule has 0 aromatic heterocycles. The zero-order chi connectivity index (χ0) is 12.3. The summed E-state index contributed by atoms with van der Waals surface area (Å²) in [6, 6.07) is 1.32. The molecule has 1 aromatic carbocycles. The van der Waals surface area contributed by atoms with Gasteiger partial charge < -0.3 is 15.2 Å². The van der Waals surface area contributed by atoms with Crippen LogP contribution in [0.15, 0.2) is 10.5 Å². The van der Waals surface area contributed by atoms with Gasteiger partial charge in [-0.15, -0.1) is 0 Å². The van der Waals surface area contributed by atoms with E-state index in [4.69, 9.17) is 15.2 Å². The Morgan fingerprint density at radius 3 is 2.38 bits per heavy atom. The molecule has 2 N–H and O–H groups in total. The molecule has 0 heterocycles. The maximum Gasteiger partial charge on any atom is 0.197 e. The minimum atomic E-state index is -0.459. The Morgan fingerprint density at radius 2 is 1.94 bits per heavy atom. The molecule has 0 aliphatic rings. The van der Waals surface area contributed by atoms with E-state index in [1.165, 1.54) is 20.3 Å². The summed E-state index contributed by atoms with van der Waals surface area (Å²) in [7, 11) is 2.89. The molecule has 0 radical (unpaired) electrons. The Morgan fingerprint density at radius 1 is 1.38 bits per heavy atom. The molecule has 0 spiro atoms. The Bertz CT molecular complexity index is 383. The number of ether oxygens (including phenoxy) is 2. The average molecular weight is 292 g/mol. The lowest BCUT2D eigenvalue weighted by molar-refractivity contribution is 0.333. The quantitative estimate of drug-likeness (QED) is 0.927. The number of hydrogen-bond acceptors (Lipinski definition) is 3. The summed E-state index contributed by atoms with van der Waals surface area (Å²) >= 11 is 3.30. The van der Waals surface area contributed by atoms with Gasteiger partial charge in [-0.3, -0.25) is 0 Å². The molecule has 1 atom stereocenters. The molecule has 5 heteroatoms. The standard InChI is InChI=1S/C11H15BrFNO2/c1-6(14)4-7-8(12)5-9(13)11(16-3)10(7)15-2/h5-6H,4,14H2,1-3H3. The predicted octanol–water partition coefficient (Wildman–Crippen LogP) is 2.50. The number of benzene rings is 1. The molecule has 0 aliphatic carbocycles. The summed E-state index contributed by atoms with van der Waals surface area (Å²) < 4.78 is 24.4. The van der Waals surface area contributed by atoms with Crippen LogP contribution < -0.4 is 15.2 Å². The van der Waals surface area contributed by atoms with Gasteiger partial charge in [-0.05, 0) is 19.4 Å². The third-order valence-electron chi connectivity index (χ3n) is 2.17. The monoisotopic (exact) mass is 291 g/mol.